The number of hydrogen-bond acceptors (Lipinski definition) is 5. The van der Waals surface area contributed by atoms with E-state index in [0.29, 0.717) is 25.0 Å². The highest BCUT2D eigenvalue weighted by molar-refractivity contribution is 7.89. The molecule has 1 amide bonds. The predicted molar refractivity (Wildman–Crippen MR) is 136 cm³/mol. The molecule has 0 radical (unpaired) electrons. The molecule has 8 nitrogen and oxygen atoms in total. The zero-order valence-electron chi connectivity index (χ0n) is 20.7. The summed E-state index contributed by atoms with van der Waals surface area (Å²) in [5.74, 6) is 1.46. The van der Waals surface area contributed by atoms with Gasteiger partial charge in [-0.05, 0) is 50.5 Å². The number of rotatable bonds is 10. The third-order valence-corrected chi connectivity index (χ3v) is 8.40. The summed E-state index contributed by atoms with van der Waals surface area (Å²) in [7, 11) is -1.89. The van der Waals surface area contributed by atoms with Crippen molar-refractivity contribution in [3.63, 3.8) is 0 Å². The standard InChI is InChI=1S/C26H34N4O4S/c1-4-15-30-23-12-11-20(35(32,33)29-16-7-8-17-29)18-22(23)28-25(30)13-14-26(31)27-19(2)21-9-5-6-10-24(21)34-3/h5-6,9-12,18-19H,4,7-8,13-17H2,1-3H3,(H,27,31). The maximum absolute atomic E-state index is 13.0. The van der Waals surface area contributed by atoms with Gasteiger partial charge in [-0.25, -0.2) is 13.4 Å². The van der Waals surface area contributed by atoms with E-state index < -0.39 is 10.0 Å². The fraction of sp³-hybridized carbons (Fsp3) is 0.462. The van der Waals surface area contributed by atoms with E-state index in [1.54, 1.807) is 23.5 Å². The zero-order chi connectivity index (χ0) is 25.0. The molecule has 9 heteroatoms. The van der Waals surface area contributed by atoms with Gasteiger partial charge in [-0.3, -0.25) is 4.79 Å². The van der Waals surface area contributed by atoms with Crippen LogP contribution in [-0.2, 0) is 27.8 Å². The molecule has 0 spiro atoms. The van der Waals surface area contributed by atoms with Gasteiger partial charge in [0.15, 0.2) is 0 Å². The Morgan fingerprint density at radius 3 is 2.63 bits per heavy atom. The molecule has 1 unspecified atom stereocenters. The molecule has 1 N–H and O–H groups in total. The molecule has 1 saturated heterocycles. The van der Waals surface area contributed by atoms with Crippen LogP contribution < -0.4 is 10.1 Å². The fourth-order valence-electron chi connectivity index (χ4n) is 4.70. The molecule has 1 atom stereocenters. The highest BCUT2D eigenvalue weighted by atomic mass is 32.2. The quantitative estimate of drug-likeness (QED) is 0.455. The van der Waals surface area contributed by atoms with Crippen molar-refractivity contribution >= 4 is 27.0 Å². The Labute approximate surface area is 207 Å². The minimum absolute atomic E-state index is 0.0733. The summed E-state index contributed by atoms with van der Waals surface area (Å²) in [6.45, 7) is 5.91. The Morgan fingerprint density at radius 2 is 1.91 bits per heavy atom. The molecule has 35 heavy (non-hydrogen) atoms. The van der Waals surface area contributed by atoms with Gasteiger partial charge in [0.05, 0.1) is 29.1 Å². The monoisotopic (exact) mass is 498 g/mol. The maximum atomic E-state index is 13.0. The second kappa shape index (κ2) is 10.8. The van der Waals surface area contributed by atoms with Gasteiger partial charge >= 0.3 is 0 Å². The lowest BCUT2D eigenvalue weighted by molar-refractivity contribution is -0.121. The number of fused-ring (bicyclic) bond motifs is 1. The van der Waals surface area contributed by atoms with E-state index in [2.05, 4.69) is 16.8 Å². The van der Waals surface area contributed by atoms with Crippen LogP contribution in [0.5, 0.6) is 5.75 Å². The minimum Gasteiger partial charge on any atom is -0.496 e. The van der Waals surface area contributed by atoms with Crippen molar-refractivity contribution < 1.29 is 17.9 Å². The molecule has 3 aromatic rings. The molecular formula is C26H34N4O4S. The first-order chi connectivity index (χ1) is 16.8. The Kier molecular flexibility index (Phi) is 7.76. The topological polar surface area (TPSA) is 93.5 Å². The summed E-state index contributed by atoms with van der Waals surface area (Å²) < 4.78 is 35.1. The number of ether oxygens (including phenoxy) is 1. The molecule has 4 rings (SSSR count). The second-order valence-electron chi connectivity index (χ2n) is 8.97. The number of aromatic nitrogens is 2. The largest absolute Gasteiger partial charge is 0.496 e. The molecule has 0 aliphatic carbocycles. The molecule has 1 fully saturated rings. The van der Waals surface area contributed by atoms with Crippen LogP contribution in [0.1, 0.15) is 57.0 Å². The summed E-state index contributed by atoms with van der Waals surface area (Å²) in [6, 6.07) is 12.6. The van der Waals surface area contributed by atoms with Crippen molar-refractivity contribution in [2.75, 3.05) is 20.2 Å². The van der Waals surface area contributed by atoms with E-state index in [4.69, 9.17) is 9.72 Å². The highest BCUT2D eigenvalue weighted by Crippen LogP contribution is 2.27. The molecular weight excluding hydrogens is 464 g/mol. The van der Waals surface area contributed by atoms with Gasteiger partial charge in [0, 0.05) is 38.0 Å². The van der Waals surface area contributed by atoms with Crippen LogP contribution >= 0.6 is 0 Å². The third kappa shape index (κ3) is 5.36. The molecule has 1 aromatic heterocycles. The van der Waals surface area contributed by atoms with Crippen LogP contribution in [0.25, 0.3) is 11.0 Å². The number of nitrogens with zero attached hydrogens (tertiary/aromatic N) is 3. The van der Waals surface area contributed by atoms with E-state index in [9.17, 15) is 13.2 Å². The van der Waals surface area contributed by atoms with Gasteiger partial charge in [0.1, 0.15) is 11.6 Å². The van der Waals surface area contributed by atoms with E-state index in [0.717, 1.165) is 48.5 Å². The number of methoxy groups -OCH3 is 1. The average molecular weight is 499 g/mol. The molecule has 188 valence electrons. The third-order valence-electron chi connectivity index (χ3n) is 6.51. The number of benzene rings is 2. The summed E-state index contributed by atoms with van der Waals surface area (Å²) in [5.41, 5.74) is 2.47. The van der Waals surface area contributed by atoms with Crippen LogP contribution in [0.3, 0.4) is 0 Å². The minimum atomic E-state index is -3.51. The van der Waals surface area contributed by atoms with Gasteiger partial charge in [0.25, 0.3) is 0 Å². The van der Waals surface area contributed by atoms with Crippen LogP contribution in [-0.4, -0.2) is 48.4 Å². The summed E-state index contributed by atoms with van der Waals surface area (Å²) >= 11 is 0. The number of imidazole rings is 1. The number of sulfonamides is 1. The summed E-state index contributed by atoms with van der Waals surface area (Å²) in [4.78, 5) is 17.8. The summed E-state index contributed by atoms with van der Waals surface area (Å²) in [5, 5.41) is 3.05. The van der Waals surface area contributed by atoms with Crippen molar-refractivity contribution in [1.82, 2.24) is 19.2 Å². The molecule has 2 heterocycles. The molecule has 1 aliphatic heterocycles. The first-order valence-electron chi connectivity index (χ1n) is 12.3. The predicted octanol–water partition coefficient (Wildman–Crippen LogP) is 4.05. The van der Waals surface area contributed by atoms with E-state index in [-0.39, 0.29) is 23.3 Å². The van der Waals surface area contributed by atoms with Crippen LogP contribution in [0.2, 0.25) is 0 Å². The smallest absolute Gasteiger partial charge is 0.243 e. The van der Waals surface area contributed by atoms with E-state index >= 15 is 0 Å². The van der Waals surface area contributed by atoms with Crippen molar-refractivity contribution in [2.45, 2.75) is 63.4 Å². The van der Waals surface area contributed by atoms with Crippen LogP contribution in [0, 0.1) is 0 Å². The average Bonchev–Trinajstić information content (AvgIpc) is 3.52. The van der Waals surface area contributed by atoms with E-state index in [1.165, 1.54) is 0 Å². The number of hydrogen-bond donors (Lipinski definition) is 1. The van der Waals surface area contributed by atoms with Crippen molar-refractivity contribution in [3.8, 4) is 5.75 Å². The number of aryl methyl sites for hydroxylation is 2. The lowest BCUT2D eigenvalue weighted by atomic mass is 10.1. The van der Waals surface area contributed by atoms with Crippen LogP contribution in [0.15, 0.2) is 47.4 Å². The van der Waals surface area contributed by atoms with Crippen LogP contribution in [0.4, 0.5) is 0 Å². The second-order valence-corrected chi connectivity index (χ2v) is 10.9. The zero-order valence-corrected chi connectivity index (χ0v) is 21.5. The van der Waals surface area contributed by atoms with Gasteiger partial charge in [-0.15, -0.1) is 0 Å². The Hall–Kier alpha value is -2.91. The number of carbonyl (C=O) groups excluding carboxylic acids is 1. The molecule has 0 saturated carbocycles. The van der Waals surface area contributed by atoms with Gasteiger partial charge in [-0.2, -0.15) is 4.31 Å². The van der Waals surface area contributed by atoms with E-state index in [1.807, 2.05) is 37.3 Å². The first kappa shape index (κ1) is 25.2. The Bertz CT molecular complexity index is 1300. The number of amides is 1. The Morgan fingerprint density at radius 1 is 1.17 bits per heavy atom. The number of para-hydroxylation sites is 1. The molecule has 1 aliphatic rings. The first-order valence-corrected chi connectivity index (χ1v) is 13.7. The van der Waals surface area contributed by atoms with Gasteiger partial charge < -0.3 is 14.6 Å². The van der Waals surface area contributed by atoms with Gasteiger partial charge in [-0.1, -0.05) is 25.1 Å². The SMILES string of the molecule is CCCn1c(CCC(=O)NC(C)c2ccccc2OC)nc2cc(S(=O)(=O)N3CCCC3)ccc21. The fourth-order valence-corrected chi connectivity index (χ4v) is 6.24. The normalized spacial score (nSPS) is 15.4. The lowest BCUT2D eigenvalue weighted by Crippen LogP contribution is -2.27. The van der Waals surface area contributed by atoms with Crippen molar-refractivity contribution in [3.05, 3.63) is 53.9 Å². The number of carbonyl (C=O) groups is 1. The van der Waals surface area contributed by atoms with Gasteiger partial charge in [0.2, 0.25) is 15.9 Å². The molecule has 2 aromatic carbocycles. The molecule has 0 bridgehead atoms. The lowest BCUT2D eigenvalue weighted by Gasteiger charge is -2.17. The Balaban J connectivity index is 1.51. The summed E-state index contributed by atoms with van der Waals surface area (Å²) in [6.07, 6.45) is 3.45. The highest BCUT2D eigenvalue weighted by Gasteiger charge is 2.28. The van der Waals surface area contributed by atoms with Crippen molar-refractivity contribution in [2.24, 2.45) is 0 Å². The number of nitrogens with one attached hydrogen (secondary N) is 1. The maximum Gasteiger partial charge on any atom is 0.243 e. The van der Waals surface area contributed by atoms with Crippen molar-refractivity contribution in [1.29, 1.82) is 0 Å².